The third kappa shape index (κ3) is 3.91. The number of aromatic nitrogens is 1. The summed E-state index contributed by atoms with van der Waals surface area (Å²) in [6.07, 6.45) is 3.80. The lowest BCUT2D eigenvalue weighted by molar-refractivity contribution is -0.122. The quantitative estimate of drug-likeness (QED) is 0.692. The van der Waals surface area contributed by atoms with Gasteiger partial charge in [0.05, 0.1) is 18.3 Å². The van der Waals surface area contributed by atoms with Crippen molar-refractivity contribution in [3.8, 4) is 0 Å². The molecule has 15 heavy (non-hydrogen) atoms. The highest BCUT2D eigenvalue weighted by Gasteiger charge is 2.10. The molecule has 0 spiro atoms. The van der Waals surface area contributed by atoms with E-state index in [0.717, 1.165) is 5.69 Å². The number of nitrogens with two attached hydrogens (primary N) is 1. The predicted octanol–water partition coefficient (Wildman–Crippen LogP) is 0.601. The van der Waals surface area contributed by atoms with Gasteiger partial charge in [0.25, 0.3) is 0 Å². The molecule has 3 N–H and O–H groups in total. The first kappa shape index (κ1) is 11.4. The molecule has 0 aliphatic heterocycles. The summed E-state index contributed by atoms with van der Waals surface area (Å²) in [7, 11) is 0. The van der Waals surface area contributed by atoms with Crippen LogP contribution in [-0.4, -0.2) is 16.9 Å². The molecule has 1 amide bonds. The van der Waals surface area contributed by atoms with E-state index in [-0.39, 0.29) is 5.91 Å². The van der Waals surface area contributed by atoms with E-state index in [4.69, 9.17) is 5.73 Å². The summed E-state index contributed by atoms with van der Waals surface area (Å²) in [5.41, 5.74) is 6.40. The molecule has 0 saturated heterocycles. The van der Waals surface area contributed by atoms with Crippen molar-refractivity contribution in [2.75, 3.05) is 0 Å². The molecule has 1 aromatic heterocycles. The van der Waals surface area contributed by atoms with E-state index in [1.54, 1.807) is 12.3 Å². The topological polar surface area (TPSA) is 68.0 Å². The molecule has 0 saturated carbocycles. The van der Waals surface area contributed by atoms with Crippen molar-refractivity contribution in [3.63, 3.8) is 0 Å². The summed E-state index contributed by atoms with van der Waals surface area (Å²) < 4.78 is 0. The molecule has 1 rings (SSSR count). The fourth-order valence-corrected chi connectivity index (χ4v) is 1.10. The van der Waals surface area contributed by atoms with E-state index in [0.29, 0.717) is 13.0 Å². The Balaban J connectivity index is 2.37. The summed E-state index contributed by atoms with van der Waals surface area (Å²) in [4.78, 5) is 15.5. The van der Waals surface area contributed by atoms with Crippen molar-refractivity contribution < 1.29 is 4.79 Å². The molecule has 0 aliphatic rings. The summed E-state index contributed by atoms with van der Waals surface area (Å²) in [6.45, 7) is 3.94. The highest BCUT2D eigenvalue weighted by Crippen LogP contribution is 1.94. The van der Waals surface area contributed by atoms with Crippen molar-refractivity contribution >= 4 is 5.91 Å². The maximum absolute atomic E-state index is 11.4. The Labute approximate surface area is 89.2 Å². The zero-order valence-corrected chi connectivity index (χ0v) is 8.52. The minimum Gasteiger partial charge on any atom is -0.349 e. The molecule has 0 fully saturated rings. The Kier molecular flexibility index (Phi) is 4.50. The van der Waals surface area contributed by atoms with Crippen LogP contribution in [0.25, 0.3) is 0 Å². The average Bonchev–Trinajstić information content (AvgIpc) is 2.27. The summed E-state index contributed by atoms with van der Waals surface area (Å²) in [6, 6.07) is 5.03. The van der Waals surface area contributed by atoms with Gasteiger partial charge in [-0.05, 0) is 18.6 Å². The molecule has 0 aliphatic carbocycles. The van der Waals surface area contributed by atoms with Crippen LogP contribution in [0.2, 0.25) is 0 Å². The molecule has 1 heterocycles. The number of rotatable bonds is 5. The molecule has 4 heteroatoms. The molecule has 1 aromatic rings. The van der Waals surface area contributed by atoms with Crippen molar-refractivity contribution in [3.05, 3.63) is 42.7 Å². The standard InChI is InChI=1S/C11H15N3O/c1-2-5-10(12)11(15)14-8-9-6-3-4-7-13-9/h2-4,6-7,10H,1,5,8,12H2,(H,14,15). The summed E-state index contributed by atoms with van der Waals surface area (Å²) in [5, 5.41) is 2.71. The highest BCUT2D eigenvalue weighted by molar-refractivity contribution is 5.81. The fraction of sp³-hybridized carbons (Fsp3) is 0.273. The molecule has 4 nitrogen and oxygen atoms in total. The monoisotopic (exact) mass is 205 g/mol. The lowest BCUT2D eigenvalue weighted by Crippen LogP contribution is -2.39. The second-order valence-corrected chi connectivity index (χ2v) is 3.17. The molecule has 80 valence electrons. The van der Waals surface area contributed by atoms with E-state index in [1.165, 1.54) is 0 Å². The molecule has 1 atom stereocenters. The Morgan fingerprint density at radius 1 is 1.67 bits per heavy atom. The van der Waals surface area contributed by atoms with Gasteiger partial charge in [-0.1, -0.05) is 12.1 Å². The average molecular weight is 205 g/mol. The zero-order valence-electron chi connectivity index (χ0n) is 8.52. The number of carbonyl (C=O) groups excluding carboxylic acids is 1. The van der Waals surface area contributed by atoms with E-state index in [2.05, 4.69) is 16.9 Å². The smallest absolute Gasteiger partial charge is 0.237 e. The van der Waals surface area contributed by atoms with Gasteiger partial charge in [0, 0.05) is 6.20 Å². The van der Waals surface area contributed by atoms with E-state index >= 15 is 0 Å². The molecular formula is C11H15N3O. The Hall–Kier alpha value is -1.68. The van der Waals surface area contributed by atoms with Crippen LogP contribution in [0, 0.1) is 0 Å². The minimum atomic E-state index is -0.522. The van der Waals surface area contributed by atoms with Crippen LogP contribution in [0.4, 0.5) is 0 Å². The first-order valence-electron chi connectivity index (χ1n) is 4.78. The molecular weight excluding hydrogens is 190 g/mol. The molecule has 0 radical (unpaired) electrons. The first-order chi connectivity index (χ1) is 7.24. The normalized spacial score (nSPS) is 11.8. The highest BCUT2D eigenvalue weighted by atomic mass is 16.2. The van der Waals surface area contributed by atoms with Crippen LogP contribution < -0.4 is 11.1 Å². The Bertz CT molecular complexity index is 324. The SMILES string of the molecule is C=CCC(N)C(=O)NCc1ccccn1. The number of hydrogen-bond acceptors (Lipinski definition) is 3. The van der Waals surface area contributed by atoms with Crippen LogP contribution in [0.15, 0.2) is 37.1 Å². The second-order valence-electron chi connectivity index (χ2n) is 3.17. The van der Waals surface area contributed by atoms with Crippen molar-refractivity contribution in [2.45, 2.75) is 19.0 Å². The zero-order chi connectivity index (χ0) is 11.1. The van der Waals surface area contributed by atoms with Gasteiger partial charge in [0.15, 0.2) is 0 Å². The lowest BCUT2D eigenvalue weighted by atomic mass is 10.2. The Morgan fingerprint density at radius 3 is 3.07 bits per heavy atom. The van der Waals surface area contributed by atoms with Gasteiger partial charge in [-0.15, -0.1) is 6.58 Å². The van der Waals surface area contributed by atoms with E-state index in [1.807, 2.05) is 18.2 Å². The maximum Gasteiger partial charge on any atom is 0.237 e. The molecule has 0 aromatic carbocycles. The lowest BCUT2D eigenvalue weighted by Gasteiger charge is -2.09. The molecule has 0 bridgehead atoms. The number of amides is 1. The number of pyridine rings is 1. The van der Waals surface area contributed by atoms with Crippen molar-refractivity contribution in [2.24, 2.45) is 5.73 Å². The van der Waals surface area contributed by atoms with Crippen LogP contribution in [0.5, 0.6) is 0 Å². The Morgan fingerprint density at radius 2 is 2.47 bits per heavy atom. The van der Waals surface area contributed by atoms with Gasteiger partial charge in [-0.2, -0.15) is 0 Å². The van der Waals surface area contributed by atoms with Gasteiger partial charge < -0.3 is 11.1 Å². The van der Waals surface area contributed by atoms with Gasteiger partial charge in [-0.25, -0.2) is 0 Å². The van der Waals surface area contributed by atoms with Crippen LogP contribution >= 0.6 is 0 Å². The van der Waals surface area contributed by atoms with E-state index < -0.39 is 6.04 Å². The fourth-order valence-electron chi connectivity index (χ4n) is 1.10. The van der Waals surface area contributed by atoms with Gasteiger partial charge in [0.2, 0.25) is 5.91 Å². The van der Waals surface area contributed by atoms with Crippen LogP contribution in [-0.2, 0) is 11.3 Å². The predicted molar refractivity (Wildman–Crippen MR) is 58.9 cm³/mol. The van der Waals surface area contributed by atoms with Crippen molar-refractivity contribution in [1.29, 1.82) is 0 Å². The number of nitrogens with one attached hydrogen (secondary N) is 1. The summed E-state index contributed by atoms with van der Waals surface area (Å²) >= 11 is 0. The maximum atomic E-state index is 11.4. The van der Waals surface area contributed by atoms with Gasteiger partial charge in [0.1, 0.15) is 0 Å². The van der Waals surface area contributed by atoms with Crippen LogP contribution in [0.3, 0.4) is 0 Å². The van der Waals surface area contributed by atoms with E-state index in [9.17, 15) is 4.79 Å². The number of hydrogen-bond donors (Lipinski definition) is 2. The third-order valence-electron chi connectivity index (χ3n) is 1.93. The largest absolute Gasteiger partial charge is 0.349 e. The third-order valence-corrected chi connectivity index (χ3v) is 1.93. The van der Waals surface area contributed by atoms with Gasteiger partial charge >= 0.3 is 0 Å². The number of carbonyl (C=O) groups is 1. The number of nitrogens with zero attached hydrogens (tertiary/aromatic N) is 1. The first-order valence-corrected chi connectivity index (χ1v) is 4.78. The van der Waals surface area contributed by atoms with Crippen molar-refractivity contribution in [1.82, 2.24) is 10.3 Å². The van der Waals surface area contributed by atoms with Gasteiger partial charge in [-0.3, -0.25) is 9.78 Å². The minimum absolute atomic E-state index is 0.180. The summed E-state index contributed by atoms with van der Waals surface area (Å²) in [5.74, 6) is -0.180. The molecule has 1 unspecified atom stereocenters. The van der Waals surface area contributed by atoms with Crippen LogP contribution in [0.1, 0.15) is 12.1 Å². The second kappa shape index (κ2) is 5.93.